The van der Waals surface area contributed by atoms with Crippen LogP contribution in [0.1, 0.15) is 51.1 Å². The van der Waals surface area contributed by atoms with Crippen molar-refractivity contribution in [2.75, 3.05) is 14.2 Å². The minimum Gasteiger partial charge on any atom is -0.496 e. The van der Waals surface area contributed by atoms with Crippen molar-refractivity contribution >= 4 is 0 Å². The van der Waals surface area contributed by atoms with E-state index in [1.54, 1.807) is 7.11 Å². The van der Waals surface area contributed by atoms with Gasteiger partial charge in [-0.3, -0.25) is 0 Å². The van der Waals surface area contributed by atoms with Crippen molar-refractivity contribution in [3.63, 3.8) is 0 Å². The van der Waals surface area contributed by atoms with Crippen LogP contribution >= 0.6 is 0 Å². The van der Waals surface area contributed by atoms with Crippen LogP contribution in [0.5, 0.6) is 11.5 Å². The lowest BCUT2D eigenvalue weighted by Gasteiger charge is -2.29. The highest BCUT2D eigenvalue weighted by atomic mass is 16.5. The van der Waals surface area contributed by atoms with Gasteiger partial charge in [-0.2, -0.15) is 0 Å². The molecule has 0 radical (unpaired) electrons. The monoisotopic (exact) mass is 277 g/mol. The minimum atomic E-state index is 0.210. The maximum Gasteiger partial charge on any atom is 0.128 e. The van der Waals surface area contributed by atoms with Gasteiger partial charge in [0.15, 0.2) is 0 Å². The van der Waals surface area contributed by atoms with E-state index < -0.39 is 0 Å². The number of ether oxygens (including phenoxy) is 2. The quantitative estimate of drug-likeness (QED) is 0.884. The normalized spacial score (nSPS) is 24.2. The predicted molar refractivity (Wildman–Crippen MR) is 82.5 cm³/mol. The van der Waals surface area contributed by atoms with Crippen molar-refractivity contribution in [3.05, 3.63) is 23.8 Å². The summed E-state index contributed by atoms with van der Waals surface area (Å²) < 4.78 is 11.8. The Kier molecular flexibility index (Phi) is 5.30. The molecule has 20 heavy (non-hydrogen) atoms. The van der Waals surface area contributed by atoms with Crippen LogP contribution in [0.3, 0.4) is 0 Å². The third-order valence-corrected chi connectivity index (χ3v) is 4.29. The molecule has 0 aliphatic heterocycles. The Morgan fingerprint density at radius 2 is 2.00 bits per heavy atom. The van der Waals surface area contributed by atoms with E-state index in [0.717, 1.165) is 35.8 Å². The van der Waals surface area contributed by atoms with Crippen LogP contribution in [0.4, 0.5) is 0 Å². The maximum atomic E-state index is 6.30. The molecule has 1 saturated carbocycles. The lowest BCUT2D eigenvalue weighted by Crippen LogP contribution is -2.25. The van der Waals surface area contributed by atoms with Crippen LogP contribution in [-0.4, -0.2) is 20.3 Å². The van der Waals surface area contributed by atoms with Crippen LogP contribution in [0.2, 0.25) is 0 Å². The topological polar surface area (TPSA) is 30.5 Å². The Balaban J connectivity index is 2.21. The van der Waals surface area contributed by atoms with E-state index in [1.807, 2.05) is 19.2 Å². The summed E-state index contributed by atoms with van der Waals surface area (Å²) in [6.45, 7) is 4.45. The number of rotatable bonds is 5. The summed E-state index contributed by atoms with van der Waals surface area (Å²) in [4.78, 5) is 0. The summed E-state index contributed by atoms with van der Waals surface area (Å²) in [6, 6.07) is 6.28. The minimum absolute atomic E-state index is 0.210. The summed E-state index contributed by atoms with van der Waals surface area (Å²) in [7, 11) is 3.68. The first-order valence-corrected chi connectivity index (χ1v) is 7.66. The molecule has 1 aromatic carbocycles. The summed E-state index contributed by atoms with van der Waals surface area (Å²) in [5.74, 6) is 2.63. The Labute approximate surface area is 122 Å². The average molecular weight is 277 g/mol. The van der Waals surface area contributed by atoms with Crippen LogP contribution in [0.15, 0.2) is 18.2 Å². The molecule has 2 rings (SSSR count). The van der Waals surface area contributed by atoms with Gasteiger partial charge in [0, 0.05) is 6.04 Å². The molecule has 1 N–H and O–H groups in total. The van der Waals surface area contributed by atoms with Gasteiger partial charge in [0.25, 0.3) is 0 Å². The van der Waals surface area contributed by atoms with Crippen LogP contribution in [0.25, 0.3) is 0 Å². The van der Waals surface area contributed by atoms with E-state index in [1.165, 1.54) is 12.8 Å². The molecule has 1 aliphatic carbocycles. The summed E-state index contributed by atoms with van der Waals surface area (Å²) in [6.07, 6.45) is 5.26. The number of benzene rings is 1. The lowest BCUT2D eigenvalue weighted by atomic mass is 9.88. The first kappa shape index (κ1) is 15.2. The number of nitrogens with one attached hydrogen (secondary N) is 1. The van der Waals surface area contributed by atoms with E-state index >= 15 is 0 Å². The van der Waals surface area contributed by atoms with Crippen molar-refractivity contribution in [1.29, 1.82) is 0 Å². The van der Waals surface area contributed by atoms with Crippen LogP contribution < -0.4 is 14.8 Å². The molecule has 0 amide bonds. The molecule has 0 bridgehead atoms. The second-order valence-electron chi connectivity index (χ2n) is 5.89. The molecule has 3 nitrogen and oxygen atoms in total. The van der Waals surface area contributed by atoms with Gasteiger partial charge in [-0.15, -0.1) is 0 Å². The van der Waals surface area contributed by atoms with Gasteiger partial charge in [-0.25, -0.2) is 0 Å². The van der Waals surface area contributed by atoms with Crippen molar-refractivity contribution in [2.45, 2.75) is 51.7 Å². The zero-order valence-corrected chi connectivity index (χ0v) is 13.1. The predicted octanol–water partition coefficient (Wildman–Crippen LogP) is 3.93. The largest absolute Gasteiger partial charge is 0.496 e. The molecule has 0 heterocycles. The summed E-state index contributed by atoms with van der Waals surface area (Å²) >= 11 is 0. The molecule has 3 unspecified atom stereocenters. The molecule has 0 spiro atoms. The van der Waals surface area contributed by atoms with Gasteiger partial charge in [-0.1, -0.05) is 19.4 Å². The van der Waals surface area contributed by atoms with Gasteiger partial charge < -0.3 is 14.8 Å². The van der Waals surface area contributed by atoms with Crippen molar-refractivity contribution < 1.29 is 9.47 Å². The van der Waals surface area contributed by atoms with Gasteiger partial charge in [0.05, 0.1) is 18.8 Å². The fourth-order valence-electron chi connectivity index (χ4n) is 3.04. The van der Waals surface area contributed by atoms with Crippen LogP contribution in [-0.2, 0) is 0 Å². The fourth-order valence-corrected chi connectivity index (χ4v) is 3.04. The molecule has 112 valence electrons. The Bertz CT molecular complexity index is 433. The van der Waals surface area contributed by atoms with Gasteiger partial charge in [0.2, 0.25) is 0 Å². The second-order valence-corrected chi connectivity index (χ2v) is 5.89. The summed E-state index contributed by atoms with van der Waals surface area (Å²) in [5.41, 5.74) is 1.12. The molecule has 1 aliphatic rings. The molecule has 3 heteroatoms. The van der Waals surface area contributed by atoms with Crippen molar-refractivity contribution in [1.82, 2.24) is 5.32 Å². The van der Waals surface area contributed by atoms with E-state index in [0.29, 0.717) is 6.10 Å². The standard InChI is InChI=1S/C17H27NO2/c1-12-7-5-8-14(11-12)20-16-10-6-9-15(19-4)17(16)13(2)18-3/h6,9-10,12-14,18H,5,7-8,11H2,1-4H3. The van der Waals surface area contributed by atoms with Gasteiger partial charge >= 0.3 is 0 Å². The van der Waals surface area contributed by atoms with Crippen molar-refractivity contribution in [3.8, 4) is 11.5 Å². The van der Waals surface area contributed by atoms with E-state index in [9.17, 15) is 0 Å². The van der Waals surface area contributed by atoms with E-state index in [-0.39, 0.29) is 6.04 Å². The lowest BCUT2D eigenvalue weighted by molar-refractivity contribution is 0.127. The third kappa shape index (κ3) is 3.45. The van der Waals surface area contributed by atoms with Crippen LogP contribution in [0, 0.1) is 5.92 Å². The van der Waals surface area contributed by atoms with Gasteiger partial charge in [-0.05, 0) is 51.3 Å². The SMILES string of the molecule is CNC(C)c1c(OC)cccc1OC1CCCC(C)C1. The Hall–Kier alpha value is -1.22. The molecule has 1 fully saturated rings. The highest BCUT2D eigenvalue weighted by Gasteiger charge is 2.23. The zero-order chi connectivity index (χ0) is 14.5. The van der Waals surface area contributed by atoms with Crippen molar-refractivity contribution in [2.24, 2.45) is 5.92 Å². The molecule has 1 aromatic rings. The number of hydrogen-bond acceptors (Lipinski definition) is 3. The number of hydrogen-bond donors (Lipinski definition) is 1. The first-order chi connectivity index (χ1) is 9.65. The molecular formula is C17H27NO2. The average Bonchev–Trinajstić information content (AvgIpc) is 2.46. The highest BCUT2D eigenvalue weighted by molar-refractivity contribution is 5.46. The van der Waals surface area contributed by atoms with E-state index in [4.69, 9.17) is 9.47 Å². The summed E-state index contributed by atoms with van der Waals surface area (Å²) in [5, 5.41) is 3.28. The molecule has 3 atom stereocenters. The van der Waals surface area contributed by atoms with E-state index in [2.05, 4.69) is 25.2 Å². The highest BCUT2D eigenvalue weighted by Crippen LogP contribution is 2.36. The smallest absolute Gasteiger partial charge is 0.128 e. The molecule has 0 saturated heterocycles. The number of methoxy groups -OCH3 is 1. The zero-order valence-electron chi connectivity index (χ0n) is 13.1. The first-order valence-electron chi connectivity index (χ1n) is 7.66. The maximum absolute atomic E-state index is 6.30. The fraction of sp³-hybridized carbons (Fsp3) is 0.647. The Morgan fingerprint density at radius 3 is 2.65 bits per heavy atom. The Morgan fingerprint density at radius 1 is 1.25 bits per heavy atom. The molecular weight excluding hydrogens is 250 g/mol. The molecule has 0 aromatic heterocycles. The third-order valence-electron chi connectivity index (χ3n) is 4.29. The second kappa shape index (κ2) is 6.98. The van der Waals surface area contributed by atoms with Gasteiger partial charge in [0.1, 0.15) is 11.5 Å².